The molecule has 0 atom stereocenters. The number of anilines is 1. The number of ether oxygens (including phenoxy) is 1. The largest absolute Gasteiger partial charge is 0.439 e. The lowest BCUT2D eigenvalue weighted by molar-refractivity contribution is 0.458. The van der Waals surface area contributed by atoms with E-state index in [1.165, 1.54) is 6.33 Å². The second kappa shape index (κ2) is 4.49. The quantitative estimate of drug-likeness (QED) is 0.918. The van der Waals surface area contributed by atoms with Crippen LogP contribution in [0.25, 0.3) is 0 Å². The molecule has 0 amide bonds. The van der Waals surface area contributed by atoms with Gasteiger partial charge in [0.15, 0.2) is 0 Å². The van der Waals surface area contributed by atoms with Crippen LogP contribution in [0.4, 0.5) is 5.82 Å². The Kier molecular flexibility index (Phi) is 3.05. The van der Waals surface area contributed by atoms with Crippen molar-refractivity contribution in [2.45, 2.75) is 6.92 Å². The average molecular weight is 280 g/mol. The lowest BCUT2D eigenvalue weighted by Gasteiger charge is -2.07. The summed E-state index contributed by atoms with van der Waals surface area (Å²) in [6, 6.07) is 7.34. The van der Waals surface area contributed by atoms with E-state index in [-0.39, 0.29) is 0 Å². The molecule has 1 aromatic heterocycles. The summed E-state index contributed by atoms with van der Waals surface area (Å²) in [6.45, 7) is 1.96. The summed E-state index contributed by atoms with van der Waals surface area (Å²) in [5, 5.41) is 0. The van der Waals surface area contributed by atoms with Gasteiger partial charge in [0.25, 0.3) is 0 Å². The Bertz CT molecular complexity index is 516. The third kappa shape index (κ3) is 2.49. The van der Waals surface area contributed by atoms with E-state index in [0.29, 0.717) is 11.7 Å². The van der Waals surface area contributed by atoms with Crippen LogP contribution in [0.2, 0.25) is 0 Å². The molecule has 2 rings (SSSR count). The Balaban J connectivity index is 2.27. The van der Waals surface area contributed by atoms with Crippen LogP contribution in [0.5, 0.6) is 11.6 Å². The van der Waals surface area contributed by atoms with E-state index in [4.69, 9.17) is 10.5 Å². The van der Waals surface area contributed by atoms with Crippen molar-refractivity contribution in [1.29, 1.82) is 0 Å². The zero-order chi connectivity index (χ0) is 11.5. The number of aryl methyl sites for hydroxylation is 1. The molecule has 0 saturated heterocycles. The molecular formula is C11H10BrN3O. The number of nitrogen functional groups attached to an aromatic ring is 1. The fraction of sp³-hybridized carbons (Fsp3) is 0.0909. The minimum atomic E-state index is 0.389. The number of nitrogens with two attached hydrogens (primary N) is 1. The Morgan fingerprint density at radius 1 is 1.25 bits per heavy atom. The van der Waals surface area contributed by atoms with E-state index in [0.717, 1.165) is 15.8 Å². The average Bonchev–Trinajstić information content (AvgIpc) is 2.22. The summed E-state index contributed by atoms with van der Waals surface area (Å²) < 4.78 is 6.61. The van der Waals surface area contributed by atoms with Gasteiger partial charge in [0, 0.05) is 10.5 Å². The van der Waals surface area contributed by atoms with Crippen molar-refractivity contribution in [3.63, 3.8) is 0 Å². The highest BCUT2D eigenvalue weighted by molar-refractivity contribution is 9.10. The molecule has 0 unspecified atom stereocenters. The summed E-state index contributed by atoms with van der Waals surface area (Å²) in [5.41, 5.74) is 6.56. The van der Waals surface area contributed by atoms with Gasteiger partial charge in [-0.15, -0.1) is 0 Å². The molecule has 0 fully saturated rings. The zero-order valence-electron chi connectivity index (χ0n) is 8.64. The normalized spacial score (nSPS) is 10.1. The van der Waals surface area contributed by atoms with Crippen LogP contribution in [0.3, 0.4) is 0 Å². The predicted octanol–water partition coefficient (Wildman–Crippen LogP) is 2.92. The molecule has 1 aromatic carbocycles. The van der Waals surface area contributed by atoms with Crippen molar-refractivity contribution in [3.05, 3.63) is 40.6 Å². The first-order valence-electron chi connectivity index (χ1n) is 4.66. The van der Waals surface area contributed by atoms with Crippen molar-refractivity contribution < 1.29 is 4.74 Å². The van der Waals surface area contributed by atoms with Gasteiger partial charge < -0.3 is 10.5 Å². The molecule has 0 aliphatic carbocycles. The first-order chi connectivity index (χ1) is 7.65. The third-order valence-electron chi connectivity index (χ3n) is 2.01. The van der Waals surface area contributed by atoms with Gasteiger partial charge in [0.1, 0.15) is 17.9 Å². The molecule has 82 valence electrons. The molecule has 1 heterocycles. The SMILES string of the molecule is Cc1cc(Br)ccc1Oc1cc(N)ncn1. The zero-order valence-corrected chi connectivity index (χ0v) is 10.2. The molecule has 5 heteroatoms. The first-order valence-corrected chi connectivity index (χ1v) is 5.46. The van der Waals surface area contributed by atoms with E-state index in [2.05, 4.69) is 25.9 Å². The molecule has 0 radical (unpaired) electrons. The highest BCUT2D eigenvalue weighted by Gasteiger charge is 2.03. The molecule has 2 aromatic rings. The van der Waals surface area contributed by atoms with Crippen LogP contribution < -0.4 is 10.5 Å². The van der Waals surface area contributed by atoms with Gasteiger partial charge in [-0.05, 0) is 30.7 Å². The van der Waals surface area contributed by atoms with E-state index in [1.807, 2.05) is 25.1 Å². The minimum Gasteiger partial charge on any atom is -0.439 e. The third-order valence-corrected chi connectivity index (χ3v) is 2.51. The summed E-state index contributed by atoms with van der Waals surface area (Å²) in [6.07, 6.45) is 1.37. The van der Waals surface area contributed by atoms with Crippen molar-refractivity contribution in [2.24, 2.45) is 0 Å². The standard InChI is InChI=1S/C11H10BrN3O/c1-7-4-8(12)2-3-9(7)16-11-5-10(13)14-6-15-11/h2-6H,1H3,(H2,13,14,15). The fourth-order valence-corrected chi connectivity index (χ4v) is 1.72. The number of aromatic nitrogens is 2. The second-order valence-electron chi connectivity index (χ2n) is 3.29. The summed E-state index contributed by atoms with van der Waals surface area (Å²) >= 11 is 3.39. The van der Waals surface area contributed by atoms with Gasteiger partial charge in [-0.1, -0.05) is 15.9 Å². The Morgan fingerprint density at radius 3 is 2.75 bits per heavy atom. The molecule has 0 saturated carbocycles. The van der Waals surface area contributed by atoms with Crippen LogP contribution in [0.15, 0.2) is 35.1 Å². The first kappa shape index (κ1) is 10.9. The van der Waals surface area contributed by atoms with Crippen LogP contribution in [0, 0.1) is 6.92 Å². The molecular weight excluding hydrogens is 270 g/mol. The Labute approximate surface area is 102 Å². The van der Waals surface area contributed by atoms with Crippen LogP contribution in [0.1, 0.15) is 5.56 Å². The summed E-state index contributed by atoms with van der Waals surface area (Å²) in [4.78, 5) is 7.77. The van der Waals surface area contributed by atoms with E-state index in [9.17, 15) is 0 Å². The van der Waals surface area contributed by atoms with Crippen LogP contribution >= 0.6 is 15.9 Å². The lowest BCUT2D eigenvalue weighted by Crippen LogP contribution is -1.94. The highest BCUT2D eigenvalue weighted by atomic mass is 79.9. The van der Waals surface area contributed by atoms with E-state index >= 15 is 0 Å². The molecule has 0 aliphatic rings. The van der Waals surface area contributed by atoms with Crippen molar-refractivity contribution in [1.82, 2.24) is 9.97 Å². The topological polar surface area (TPSA) is 61.0 Å². The highest BCUT2D eigenvalue weighted by Crippen LogP contribution is 2.26. The maximum absolute atomic E-state index is 5.59. The van der Waals surface area contributed by atoms with Crippen LogP contribution in [-0.4, -0.2) is 9.97 Å². The number of hydrogen-bond donors (Lipinski definition) is 1. The van der Waals surface area contributed by atoms with Gasteiger partial charge in [-0.25, -0.2) is 9.97 Å². The monoisotopic (exact) mass is 279 g/mol. The number of rotatable bonds is 2. The number of halogens is 1. The summed E-state index contributed by atoms with van der Waals surface area (Å²) in [5.74, 6) is 1.58. The maximum Gasteiger partial charge on any atom is 0.224 e. The smallest absolute Gasteiger partial charge is 0.224 e. The molecule has 0 aliphatic heterocycles. The number of nitrogens with zero attached hydrogens (tertiary/aromatic N) is 2. The molecule has 0 spiro atoms. The van der Waals surface area contributed by atoms with Gasteiger partial charge in [-0.3, -0.25) is 0 Å². The lowest BCUT2D eigenvalue weighted by atomic mass is 10.2. The van der Waals surface area contributed by atoms with Crippen molar-refractivity contribution in [2.75, 3.05) is 5.73 Å². The predicted molar refractivity (Wildman–Crippen MR) is 65.4 cm³/mol. The minimum absolute atomic E-state index is 0.389. The summed E-state index contributed by atoms with van der Waals surface area (Å²) in [7, 11) is 0. The van der Waals surface area contributed by atoms with E-state index in [1.54, 1.807) is 6.07 Å². The molecule has 2 N–H and O–H groups in total. The molecule has 4 nitrogen and oxygen atoms in total. The van der Waals surface area contributed by atoms with Gasteiger partial charge in [0.05, 0.1) is 0 Å². The fourth-order valence-electron chi connectivity index (χ4n) is 1.25. The van der Waals surface area contributed by atoms with Gasteiger partial charge >= 0.3 is 0 Å². The molecule has 0 bridgehead atoms. The van der Waals surface area contributed by atoms with Crippen LogP contribution in [-0.2, 0) is 0 Å². The maximum atomic E-state index is 5.59. The van der Waals surface area contributed by atoms with E-state index < -0.39 is 0 Å². The van der Waals surface area contributed by atoms with Gasteiger partial charge in [0.2, 0.25) is 5.88 Å². The van der Waals surface area contributed by atoms with Gasteiger partial charge in [-0.2, -0.15) is 0 Å². The number of hydrogen-bond acceptors (Lipinski definition) is 4. The Hall–Kier alpha value is -1.62. The number of benzene rings is 1. The Morgan fingerprint density at radius 2 is 2.06 bits per heavy atom. The van der Waals surface area contributed by atoms with Crippen molar-refractivity contribution in [3.8, 4) is 11.6 Å². The second-order valence-corrected chi connectivity index (χ2v) is 4.21. The molecule has 16 heavy (non-hydrogen) atoms. The van der Waals surface area contributed by atoms with Crippen molar-refractivity contribution >= 4 is 21.7 Å².